The highest BCUT2D eigenvalue weighted by molar-refractivity contribution is 9.10. The van der Waals surface area contributed by atoms with Crippen molar-refractivity contribution in [3.63, 3.8) is 0 Å². The summed E-state index contributed by atoms with van der Waals surface area (Å²) < 4.78 is 5.64. The molecule has 0 aromatic heterocycles. The van der Waals surface area contributed by atoms with Gasteiger partial charge in [0.2, 0.25) is 0 Å². The molecule has 2 aromatic carbocycles. The van der Waals surface area contributed by atoms with E-state index < -0.39 is 5.97 Å². The summed E-state index contributed by atoms with van der Waals surface area (Å²) in [4.78, 5) is 24.4. The Morgan fingerprint density at radius 2 is 1.77 bits per heavy atom. The van der Waals surface area contributed by atoms with Crippen LogP contribution in [0.1, 0.15) is 27.6 Å². The van der Waals surface area contributed by atoms with E-state index in [2.05, 4.69) is 15.9 Å². The van der Waals surface area contributed by atoms with Gasteiger partial charge in [-0.3, -0.25) is 0 Å². The average molecular weight is 381 g/mol. The number of carbonyl (C=O) groups excluding carboxylic acids is 1. The number of hydrogen-bond donors (Lipinski definition) is 1. The fourth-order valence-electron chi connectivity index (χ4n) is 1.74. The van der Waals surface area contributed by atoms with Crippen LogP contribution in [-0.2, 0) is 4.74 Å². The van der Waals surface area contributed by atoms with Gasteiger partial charge >= 0.3 is 11.9 Å². The second-order valence-corrected chi connectivity index (χ2v) is 6.29. The maximum atomic E-state index is 11.7. The molecule has 0 amide bonds. The second kappa shape index (κ2) is 7.47. The predicted octanol–water partition coefficient (Wildman–Crippen LogP) is 4.48. The predicted molar refractivity (Wildman–Crippen MR) is 87.6 cm³/mol. The lowest BCUT2D eigenvalue weighted by Gasteiger charge is -2.07. The Labute approximate surface area is 140 Å². The van der Waals surface area contributed by atoms with Crippen LogP contribution in [0.2, 0.25) is 0 Å². The lowest BCUT2D eigenvalue weighted by atomic mass is 10.2. The van der Waals surface area contributed by atoms with E-state index in [-0.39, 0.29) is 11.5 Å². The molecule has 2 aromatic rings. The minimum absolute atomic E-state index is 0.253. The largest absolute Gasteiger partial charge is 0.478 e. The number of hydrogen-bond acceptors (Lipinski definition) is 4. The van der Waals surface area contributed by atoms with Crippen LogP contribution in [0, 0.1) is 0 Å². The van der Waals surface area contributed by atoms with Crippen LogP contribution in [0.25, 0.3) is 0 Å². The van der Waals surface area contributed by atoms with Gasteiger partial charge in [-0.05, 0) is 65.3 Å². The molecule has 0 aliphatic heterocycles. The maximum Gasteiger partial charge on any atom is 0.339 e. The van der Waals surface area contributed by atoms with Gasteiger partial charge in [0.05, 0.1) is 17.7 Å². The minimum Gasteiger partial charge on any atom is -0.478 e. The molecule has 0 saturated heterocycles. The molecule has 22 heavy (non-hydrogen) atoms. The van der Waals surface area contributed by atoms with Gasteiger partial charge in [0, 0.05) is 14.3 Å². The molecule has 2 rings (SSSR count). The van der Waals surface area contributed by atoms with Gasteiger partial charge in [-0.15, -0.1) is 0 Å². The summed E-state index contributed by atoms with van der Waals surface area (Å²) in [5.74, 6) is -1.31. The third-order valence-electron chi connectivity index (χ3n) is 2.77. The number of ether oxygens (including phenoxy) is 1. The standard InChI is InChI=1S/C16H13BrO4S/c1-2-21-16(20)13-8-7-12(9-14(13)17)22-11-5-3-10(4-6-11)15(18)19/h3-9H,2H2,1H3,(H,18,19). The number of carboxylic acid groups (broad SMARTS) is 1. The van der Waals surface area contributed by atoms with Crippen LogP contribution in [0.4, 0.5) is 0 Å². The van der Waals surface area contributed by atoms with Crippen LogP contribution in [0.3, 0.4) is 0 Å². The zero-order valence-corrected chi connectivity index (χ0v) is 14.1. The fraction of sp³-hybridized carbons (Fsp3) is 0.125. The molecule has 1 N–H and O–H groups in total. The van der Waals surface area contributed by atoms with E-state index in [4.69, 9.17) is 9.84 Å². The number of carbonyl (C=O) groups is 2. The van der Waals surface area contributed by atoms with E-state index in [0.717, 1.165) is 9.79 Å². The molecular formula is C16H13BrO4S. The number of halogens is 1. The van der Waals surface area contributed by atoms with E-state index in [1.807, 2.05) is 12.1 Å². The topological polar surface area (TPSA) is 63.6 Å². The zero-order chi connectivity index (χ0) is 16.1. The van der Waals surface area contributed by atoms with Crippen molar-refractivity contribution < 1.29 is 19.4 Å². The Morgan fingerprint density at radius 3 is 2.32 bits per heavy atom. The van der Waals surface area contributed by atoms with Crippen LogP contribution >= 0.6 is 27.7 Å². The molecule has 114 valence electrons. The Hall–Kier alpha value is -1.79. The van der Waals surface area contributed by atoms with E-state index in [1.54, 1.807) is 37.3 Å². The lowest BCUT2D eigenvalue weighted by Crippen LogP contribution is -2.05. The second-order valence-electron chi connectivity index (χ2n) is 4.29. The summed E-state index contributed by atoms with van der Waals surface area (Å²) >= 11 is 4.85. The summed E-state index contributed by atoms with van der Waals surface area (Å²) in [7, 11) is 0. The normalized spacial score (nSPS) is 10.3. The van der Waals surface area contributed by atoms with Crippen molar-refractivity contribution in [3.8, 4) is 0 Å². The van der Waals surface area contributed by atoms with Crippen LogP contribution in [0.5, 0.6) is 0 Å². The monoisotopic (exact) mass is 380 g/mol. The summed E-state index contributed by atoms with van der Waals surface area (Å²) in [5, 5.41) is 8.87. The quantitative estimate of drug-likeness (QED) is 0.774. The molecule has 4 nitrogen and oxygen atoms in total. The van der Waals surface area contributed by atoms with Crippen molar-refractivity contribution in [1.29, 1.82) is 0 Å². The van der Waals surface area contributed by atoms with Crippen molar-refractivity contribution in [2.24, 2.45) is 0 Å². The first-order valence-electron chi connectivity index (χ1n) is 6.49. The third-order valence-corrected chi connectivity index (χ3v) is 4.43. The first-order valence-corrected chi connectivity index (χ1v) is 8.10. The zero-order valence-electron chi connectivity index (χ0n) is 11.7. The van der Waals surface area contributed by atoms with E-state index in [0.29, 0.717) is 16.6 Å². The lowest BCUT2D eigenvalue weighted by molar-refractivity contribution is 0.0524. The van der Waals surface area contributed by atoms with Gasteiger partial charge < -0.3 is 9.84 Å². The molecule has 0 radical (unpaired) electrons. The van der Waals surface area contributed by atoms with Crippen molar-refractivity contribution >= 4 is 39.6 Å². The van der Waals surface area contributed by atoms with Crippen LogP contribution in [0.15, 0.2) is 56.7 Å². The molecule has 0 fully saturated rings. The molecule has 6 heteroatoms. The van der Waals surface area contributed by atoms with E-state index >= 15 is 0 Å². The highest BCUT2D eigenvalue weighted by Crippen LogP contribution is 2.31. The van der Waals surface area contributed by atoms with E-state index in [9.17, 15) is 9.59 Å². The minimum atomic E-state index is -0.946. The average Bonchev–Trinajstić information content (AvgIpc) is 2.48. The Balaban J connectivity index is 2.15. The summed E-state index contributed by atoms with van der Waals surface area (Å²) in [6, 6.07) is 12.0. The molecule has 0 bridgehead atoms. The van der Waals surface area contributed by atoms with Crippen molar-refractivity contribution in [2.75, 3.05) is 6.61 Å². The maximum absolute atomic E-state index is 11.7. The molecule has 0 aliphatic carbocycles. The van der Waals surface area contributed by atoms with Crippen molar-refractivity contribution in [2.45, 2.75) is 16.7 Å². The van der Waals surface area contributed by atoms with Gasteiger partial charge in [0.1, 0.15) is 0 Å². The Bertz CT molecular complexity index is 698. The number of esters is 1. The molecule has 0 atom stereocenters. The van der Waals surface area contributed by atoms with Gasteiger partial charge in [-0.1, -0.05) is 11.8 Å². The summed E-state index contributed by atoms with van der Waals surface area (Å²) in [6.07, 6.45) is 0. The third kappa shape index (κ3) is 4.11. The van der Waals surface area contributed by atoms with Crippen LogP contribution in [-0.4, -0.2) is 23.7 Å². The van der Waals surface area contributed by atoms with Gasteiger partial charge in [-0.25, -0.2) is 9.59 Å². The first kappa shape index (κ1) is 16.6. The smallest absolute Gasteiger partial charge is 0.339 e. The van der Waals surface area contributed by atoms with Gasteiger partial charge in [0.25, 0.3) is 0 Å². The number of rotatable bonds is 5. The van der Waals surface area contributed by atoms with Crippen molar-refractivity contribution in [3.05, 3.63) is 58.1 Å². The van der Waals surface area contributed by atoms with Crippen LogP contribution < -0.4 is 0 Å². The SMILES string of the molecule is CCOC(=O)c1ccc(Sc2ccc(C(=O)O)cc2)cc1Br. The molecule has 0 spiro atoms. The van der Waals surface area contributed by atoms with Gasteiger partial charge in [0.15, 0.2) is 0 Å². The van der Waals surface area contributed by atoms with Crippen molar-refractivity contribution in [1.82, 2.24) is 0 Å². The molecular weight excluding hydrogens is 368 g/mol. The highest BCUT2D eigenvalue weighted by Gasteiger charge is 2.12. The number of carboxylic acids is 1. The summed E-state index contributed by atoms with van der Waals surface area (Å²) in [6.45, 7) is 2.09. The van der Waals surface area contributed by atoms with E-state index in [1.165, 1.54) is 11.8 Å². The molecule has 0 heterocycles. The molecule has 0 aliphatic rings. The fourth-order valence-corrected chi connectivity index (χ4v) is 3.28. The molecule has 0 unspecified atom stereocenters. The summed E-state index contributed by atoms with van der Waals surface area (Å²) in [5.41, 5.74) is 0.732. The number of aromatic carboxylic acids is 1. The Morgan fingerprint density at radius 1 is 1.14 bits per heavy atom. The Kier molecular flexibility index (Phi) is 5.63. The number of benzene rings is 2. The van der Waals surface area contributed by atoms with Gasteiger partial charge in [-0.2, -0.15) is 0 Å². The highest BCUT2D eigenvalue weighted by atomic mass is 79.9. The first-order chi connectivity index (χ1) is 10.5. The molecule has 0 saturated carbocycles.